The number of nitrogens with one attached hydrogen (secondary N) is 5. The van der Waals surface area contributed by atoms with Gasteiger partial charge in [-0.1, -0.05) is 24.3 Å². The van der Waals surface area contributed by atoms with E-state index in [1.54, 1.807) is 48.5 Å². The molecule has 0 bridgehead atoms. The zero-order valence-corrected chi connectivity index (χ0v) is 38.2. The minimum atomic E-state index is -4.75. The molecule has 362 valence electrons. The number of nitrogens with zero attached hydrogens (tertiary/aromatic N) is 6. The van der Waals surface area contributed by atoms with Crippen LogP contribution in [0.15, 0.2) is 72.9 Å². The summed E-state index contributed by atoms with van der Waals surface area (Å²) in [5.41, 5.74) is 1.96. The highest BCUT2D eigenvalue weighted by Gasteiger charge is 2.45. The van der Waals surface area contributed by atoms with Crippen LogP contribution in [0.3, 0.4) is 0 Å². The molecule has 0 aliphatic carbocycles. The average molecular weight is 964 g/mol. The molecular formula is C45H52F3N11O8S. The molecule has 5 N–H and O–H groups in total. The monoisotopic (exact) mass is 963 g/mol. The highest BCUT2D eigenvalue weighted by Crippen LogP contribution is 2.36. The van der Waals surface area contributed by atoms with E-state index in [0.717, 1.165) is 60.3 Å². The number of alkyl halides is 3. The Kier molecular flexibility index (Phi) is 15.4. The van der Waals surface area contributed by atoms with Gasteiger partial charge in [-0.2, -0.15) is 18.2 Å². The highest BCUT2D eigenvalue weighted by molar-refractivity contribution is 7.92. The normalized spacial score (nSPS) is 16.6. The van der Waals surface area contributed by atoms with Crippen molar-refractivity contribution in [1.29, 1.82) is 0 Å². The van der Waals surface area contributed by atoms with Crippen LogP contribution in [0.1, 0.15) is 57.5 Å². The Morgan fingerprint density at radius 1 is 0.926 bits per heavy atom. The van der Waals surface area contributed by atoms with E-state index in [2.05, 4.69) is 46.4 Å². The quantitative estimate of drug-likeness (QED) is 0.0628. The number of piperazine rings is 1. The Balaban J connectivity index is 0.782. The van der Waals surface area contributed by atoms with Gasteiger partial charge in [0.25, 0.3) is 11.8 Å². The van der Waals surface area contributed by atoms with Crippen molar-refractivity contribution in [2.24, 2.45) is 0 Å². The summed E-state index contributed by atoms with van der Waals surface area (Å²) in [6.45, 7) is 5.17. The topological polar surface area (TPSA) is 228 Å². The van der Waals surface area contributed by atoms with Gasteiger partial charge in [-0.05, 0) is 60.9 Å². The molecule has 7 rings (SSSR count). The first-order chi connectivity index (χ1) is 32.5. The molecule has 3 aliphatic heterocycles. The second kappa shape index (κ2) is 21.4. The number of ether oxygens (including phenoxy) is 1. The Morgan fingerprint density at radius 3 is 2.40 bits per heavy atom. The van der Waals surface area contributed by atoms with Crippen molar-refractivity contribution >= 4 is 74.1 Å². The number of imide groups is 2. The lowest BCUT2D eigenvalue weighted by atomic mass is 10.0. The minimum Gasteiger partial charge on any atom is -0.383 e. The molecule has 0 radical (unpaired) electrons. The first-order valence-electron chi connectivity index (χ1n) is 21.9. The number of carbonyl (C=O) groups excluding carboxylic acids is 5. The molecular weight excluding hydrogens is 912 g/mol. The lowest BCUT2D eigenvalue weighted by Crippen LogP contribution is -2.54. The molecule has 3 aromatic carbocycles. The number of amides is 5. The summed E-state index contributed by atoms with van der Waals surface area (Å²) in [5, 5.41) is 13.8. The Labute approximate surface area is 390 Å². The Hall–Kier alpha value is -6.85. The molecule has 23 heteroatoms. The van der Waals surface area contributed by atoms with Crippen LogP contribution in [0.25, 0.3) is 0 Å². The van der Waals surface area contributed by atoms with Crippen molar-refractivity contribution in [3.8, 4) is 0 Å². The molecule has 1 atom stereocenters. The lowest BCUT2D eigenvalue weighted by Gasteiger charge is -2.36. The molecule has 1 aromatic heterocycles. The van der Waals surface area contributed by atoms with E-state index in [1.165, 1.54) is 13.1 Å². The van der Waals surface area contributed by atoms with E-state index in [-0.39, 0.29) is 68.5 Å². The van der Waals surface area contributed by atoms with Gasteiger partial charge in [0.2, 0.25) is 33.7 Å². The van der Waals surface area contributed by atoms with Crippen molar-refractivity contribution in [2.45, 2.75) is 44.4 Å². The first kappa shape index (κ1) is 49.1. The zero-order valence-electron chi connectivity index (χ0n) is 37.4. The molecule has 2 saturated heterocycles. The summed E-state index contributed by atoms with van der Waals surface area (Å²) < 4.78 is 73.0. The molecule has 4 aromatic rings. The molecule has 4 heterocycles. The summed E-state index contributed by atoms with van der Waals surface area (Å²) in [7, 11) is -2.25. The van der Waals surface area contributed by atoms with Crippen LogP contribution in [0.2, 0.25) is 0 Å². The smallest absolute Gasteiger partial charge is 0.383 e. The van der Waals surface area contributed by atoms with Crippen molar-refractivity contribution in [3.63, 3.8) is 0 Å². The summed E-state index contributed by atoms with van der Waals surface area (Å²) in [5.74, 6) is -3.06. The lowest BCUT2D eigenvalue weighted by molar-refractivity contribution is -0.138. The van der Waals surface area contributed by atoms with Gasteiger partial charge in [0.05, 0.1) is 29.7 Å². The second-order valence-corrected chi connectivity index (χ2v) is 18.3. The first-order valence-corrected chi connectivity index (χ1v) is 23.8. The van der Waals surface area contributed by atoms with Gasteiger partial charge in [-0.25, -0.2) is 13.4 Å². The number of carbonyl (C=O) groups is 5. The number of hydrogen-bond donors (Lipinski definition) is 5. The van der Waals surface area contributed by atoms with Gasteiger partial charge >= 0.3 is 6.18 Å². The SMILES string of the molecule is CN(c1ccccc1CNc1nc(Nc2ccc(N3CCN(CCCOCCC(=O)NCCNc4cccc5c4C(=O)N(C4CCC(=O)NC4=O)C5=O)CC3)cc2)ncc1C(F)(F)F)S(C)(=O)=O. The van der Waals surface area contributed by atoms with Gasteiger partial charge in [0.1, 0.15) is 17.4 Å². The van der Waals surface area contributed by atoms with Gasteiger partial charge in [-0.3, -0.25) is 43.4 Å². The van der Waals surface area contributed by atoms with Gasteiger partial charge in [0, 0.05) is 102 Å². The fraction of sp³-hybridized carbons (Fsp3) is 0.400. The number of rotatable bonds is 20. The van der Waals surface area contributed by atoms with Crippen LogP contribution in [0.4, 0.5) is 47.7 Å². The van der Waals surface area contributed by atoms with Gasteiger partial charge in [-0.15, -0.1) is 0 Å². The van der Waals surface area contributed by atoms with Crippen LogP contribution in [-0.2, 0) is 41.9 Å². The fourth-order valence-electron chi connectivity index (χ4n) is 8.03. The number of anilines is 6. The molecule has 19 nitrogen and oxygen atoms in total. The number of piperidine rings is 1. The zero-order chi connectivity index (χ0) is 48.6. The largest absolute Gasteiger partial charge is 0.421 e. The summed E-state index contributed by atoms with van der Waals surface area (Å²) >= 11 is 0. The predicted molar refractivity (Wildman–Crippen MR) is 247 cm³/mol. The van der Waals surface area contributed by atoms with Crippen LogP contribution < -0.4 is 35.8 Å². The summed E-state index contributed by atoms with van der Waals surface area (Å²) in [4.78, 5) is 76.3. The second-order valence-electron chi connectivity index (χ2n) is 16.3. The molecule has 0 spiro atoms. The predicted octanol–water partition coefficient (Wildman–Crippen LogP) is 3.80. The molecule has 1 unspecified atom stereocenters. The molecule has 5 amide bonds. The van der Waals surface area contributed by atoms with Crippen LogP contribution in [0, 0.1) is 0 Å². The molecule has 68 heavy (non-hydrogen) atoms. The van der Waals surface area contributed by atoms with E-state index in [9.17, 15) is 45.6 Å². The average Bonchev–Trinajstić information content (AvgIpc) is 3.56. The van der Waals surface area contributed by atoms with Crippen LogP contribution in [0.5, 0.6) is 0 Å². The number of benzene rings is 3. The summed E-state index contributed by atoms with van der Waals surface area (Å²) in [6, 6.07) is 17.6. The maximum Gasteiger partial charge on any atom is 0.421 e. The number of fused-ring (bicyclic) bond motifs is 1. The van der Waals surface area contributed by atoms with Crippen molar-refractivity contribution in [2.75, 3.05) is 97.5 Å². The number of hydrogen-bond acceptors (Lipinski definition) is 15. The van der Waals surface area contributed by atoms with E-state index in [1.807, 2.05) is 12.1 Å². The third-order valence-electron chi connectivity index (χ3n) is 11.7. The number of halogens is 3. The Bertz CT molecular complexity index is 2630. The van der Waals surface area contributed by atoms with Gasteiger partial charge in [0.15, 0.2) is 0 Å². The molecule has 3 aliphatic rings. The standard InChI is InChI=1S/C45H52F3N11O8S/c1-56(68(2,65)66)35-10-4-3-7-29(35)27-51-40-33(45(46,47)48)28-52-44(55-40)53-30-11-13-31(14-12-30)58-23-21-57(22-24-58)20-6-25-67-26-17-37(60)50-19-18-49-34-9-5-8-32-39(34)43(64)59(42(32)63)36-15-16-38(61)54-41(36)62/h3-5,7-14,28,36,49H,6,15-27H2,1-2H3,(H,50,60)(H,54,61,62)(H2,51,52,53,55). The van der Waals surface area contributed by atoms with Crippen LogP contribution >= 0.6 is 0 Å². The van der Waals surface area contributed by atoms with Crippen molar-refractivity contribution in [3.05, 3.63) is 95.2 Å². The van der Waals surface area contributed by atoms with E-state index in [4.69, 9.17) is 4.74 Å². The minimum absolute atomic E-state index is 0.0273. The number of para-hydroxylation sites is 1. The fourth-order valence-corrected chi connectivity index (χ4v) is 8.57. The number of aromatic nitrogens is 2. The molecule has 2 fully saturated rings. The highest BCUT2D eigenvalue weighted by atomic mass is 32.2. The van der Waals surface area contributed by atoms with Gasteiger partial charge < -0.3 is 30.9 Å². The van der Waals surface area contributed by atoms with Crippen molar-refractivity contribution in [1.82, 2.24) is 30.4 Å². The summed E-state index contributed by atoms with van der Waals surface area (Å²) in [6.07, 6.45) is -1.97. The molecule has 0 saturated carbocycles. The van der Waals surface area contributed by atoms with E-state index in [0.29, 0.717) is 35.4 Å². The maximum atomic E-state index is 14.0. The van der Waals surface area contributed by atoms with Crippen molar-refractivity contribution < 1.29 is 50.3 Å². The van der Waals surface area contributed by atoms with E-state index < -0.39 is 57.3 Å². The van der Waals surface area contributed by atoms with E-state index >= 15 is 0 Å². The third-order valence-corrected chi connectivity index (χ3v) is 12.9. The Morgan fingerprint density at radius 2 is 1.68 bits per heavy atom. The third kappa shape index (κ3) is 12.0. The maximum absolute atomic E-state index is 14.0. The van der Waals surface area contributed by atoms with Crippen LogP contribution in [-0.4, -0.2) is 136 Å². The number of sulfonamides is 1.